The van der Waals surface area contributed by atoms with Crippen molar-refractivity contribution in [3.8, 4) is 0 Å². The van der Waals surface area contributed by atoms with E-state index in [4.69, 9.17) is 11.6 Å². The lowest BCUT2D eigenvalue weighted by molar-refractivity contribution is -0.387. The molecule has 1 saturated heterocycles. The Kier molecular flexibility index (Phi) is 5.69. The topological polar surface area (TPSA) is 95.8 Å². The Balaban J connectivity index is 1.79. The number of hydrogen-bond acceptors (Lipinski definition) is 5. The Morgan fingerprint density at radius 2 is 2.07 bits per heavy atom. The standard InChI is InChI=1S/C19H18ClFN4O4/c1-23(2)18-13(20)4-3-5-15(18)22-19(27)11-8-17(26)24(10-11)12-6-7-14(21)16(9-12)25(28)29/h3-7,9,11H,8,10H2,1-2H3,(H,22,27). The third-order valence-electron chi connectivity index (χ3n) is 4.63. The average Bonchev–Trinajstić information content (AvgIpc) is 3.03. The van der Waals surface area contributed by atoms with Crippen LogP contribution >= 0.6 is 11.6 Å². The van der Waals surface area contributed by atoms with E-state index < -0.39 is 22.3 Å². The second kappa shape index (κ2) is 8.04. The molecular weight excluding hydrogens is 403 g/mol. The van der Waals surface area contributed by atoms with Gasteiger partial charge in [-0.2, -0.15) is 4.39 Å². The minimum Gasteiger partial charge on any atom is -0.375 e. The van der Waals surface area contributed by atoms with Crippen molar-refractivity contribution in [2.75, 3.05) is 35.8 Å². The number of benzene rings is 2. The number of carbonyl (C=O) groups excluding carboxylic acids is 2. The van der Waals surface area contributed by atoms with E-state index in [0.717, 1.165) is 12.1 Å². The number of amides is 2. The molecule has 1 unspecified atom stereocenters. The van der Waals surface area contributed by atoms with E-state index >= 15 is 0 Å². The van der Waals surface area contributed by atoms with Crippen molar-refractivity contribution < 1.29 is 18.9 Å². The maximum absolute atomic E-state index is 13.6. The minimum atomic E-state index is -0.989. The molecule has 1 heterocycles. The summed E-state index contributed by atoms with van der Waals surface area (Å²) in [6.45, 7) is 0.0331. The highest BCUT2D eigenvalue weighted by molar-refractivity contribution is 6.34. The molecule has 0 saturated carbocycles. The summed E-state index contributed by atoms with van der Waals surface area (Å²) in [7, 11) is 3.58. The van der Waals surface area contributed by atoms with Crippen LogP contribution in [0.5, 0.6) is 0 Å². The predicted molar refractivity (Wildman–Crippen MR) is 108 cm³/mol. The van der Waals surface area contributed by atoms with E-state index in [1.165, 1.54) is 11.0 Å². The molecule has 1 N–H and O–H groups in total. The Bertz CT molecular complexity index is 998. The van der Waals surface area contributed by atoms with E-state index in [1.54, 1.807) is 37.2 Å². The van der Waals surface area contributed by atoms with Gasteiger partial charge in [-0.05, 0) is 24.3 Å². The number of nitrogens with zero attached hydrogens (tertiary/aromatic N) is 3. The lowest BCUT2D eigenvalue weighted by Gasteiger charge is -2.20. The minimum absolute atomic E-state index is 0.0331. The number of halogens is 2. The highest BCUT2D eigenvalue weighted by atomic mass is 35.5. The van der Waals surface area contributed by atoms with Crippen molar-refractivity contribution >= 4 is 46.2 Å². The molecule has 152 valence electrons. The molecule has 1 fully saturated rings. The number of carbonyl (C=O) groups is 2. The lowest BCUT2D eigenvalue weighted by Crippen LogP contribution is -2.28. The summed E-state index contributed by atoms with van der Waals surface area (Å²) in [4.78, 5) is 38.2. The number of nitro benzene ring substituents is 1. The van der Waals surface area contributed by atoms with Crippen LogP contribution in [0, 0.1) is 21.8 Å². The highest BCUT2D eigenvalue weighted by Gasteiger charge is 2.36. The summed E-state index contributed by atoms with van der Waals surface area (Å²) in [6, 6.07) is 8.32. The Labute approximate surface area is 171 Å². The molecule has 2 amide bonds. The summed E-state index contributed by atoms with van der Waals surface area (Å²) in [5, 5.41) is 14.2. The summed E-state index contributed by atoms with van der Waals surface area (Å²) in [5.41, 5.74) is 0.599. The van der Waals surface area contributed by atoms with Crippen LogP contribution in [0.4, 0.5) is 27.1 Å². The summed E-state index contributed by atoms with van der Waals surface area (Å²) >= 11 is 6.21. The predicted octanol–water partition coefficient (Wildman–Crippen LogP) is 3.44. The zero-order valence-corrected chi connectivity index (χ0v) is 16.4. The number of anilines is 3. The van der Waals surface area contributed by atoms with Gasteiger partial charge in [-0.1, -0.05) is 17.7 Å². The number of hydrogen-bond donors (Lipinski definition) is 1. The fraction of sp³-hybridized carbons (Fsp3) is 0.263. The summed E-state index contributed by atoms with van der Waals surface area (Å²) in [5.74, 6) is -2.40. The molecule has 1 aliphatic rings. The van der Waals surface area contributed by atoms with Crippen LogP contribution in [-0.4, -0.2) is 37.4 Å². The Hall–Kier alpha value is -3.20. The molecule has 0 aliphatic carbocycles. The van der Waals surface area contributed by atoms with Crippen LogP contribution < -0.4 is 15.1 Å². The lowest BCUT2D eigenvalue weighted by atomic mass is 10.1. The molecule has 1 aliphatic heterocycles. The van der Waals surface area contributed by atoms with Gasteiger partial charge in [0.15, 0.2) is 0 Å². The van der Waals surface area contributed by atoms with Crippen LogP contribution in [0.25, 0.3) is 0 Å². The number of para-hydroxylation sites is 1. The normalized spacial score (nSPS) is 16.1. The van der Waals surface area contributed by atoms with Crippen LogP contribution in [0.3, 0.4) is 0 Å². The molecular formula is C19H18ClFN4O4. The SMILES string of the molecule is CN(C)c1c(Cl)cccc1NC(=O)C1CC(=O)N(c2ccc(F)c([N+](=O)[O-])c2)C1. The Morgan fingerprint density at radius 1 is 1.34 bits per heavy atom. The van der Waals surface area contributed by atoms with Gasteiger partial charge in [0.05, 0.1) is 32.9 Å². The summed E-state index contributed by atoms with van der Waals surface area (Å²) < 4.78 is 13.6. The summed E-state index contributed by atoms with van der Waals surface area (Å²) in [6.07, 6.45) is -0.0606. The molecule has 0 bridgehead atoms. The molecule has 2 aromatic rings. The largest absolute Gasteiger partial charge is 0.375 e. The van der Waals surface area contributed by atoms with E-state index in [-0.39, 0.29) is 30.5 Å². The molecule has 2 aromatic carbocycles. The number of rotatable bonds is 5. The molecule has 0 aromatic heterocycles. The molecule has 10 heteroatoms. The molecule has 29 heavy (non-hydrogen) atoms. The number of nitrogens with one attached hydrogen (secondary N) is 1. The van der Waals surface area contributed by atoms with E-state index in [2.05, 4.69) is 5.32 Å². The van der Waals surface area contributed by atoms with E-state index in [1.807, 2.05) is 0 Å². The van der Waals surface area contributed by atoms with Gasteiger partial charge in [-0.15, -0.1) is 0 Å². The van der Waals surface area contributed by atoms with Gasteiger partial charge in [-0.25, -0.2) is 0 Å². The first-order chi connectivity index (χ1) is 13.7. The third kappa shape index (κ3) is 4.14. The fourth-order valence-electron chi connectivity index (χ4n) is 3.25. The van der Waals surface area contributed by atoms with Gasteiger partial charge < -0.3 is 15.1 Å². The Morgan fingerprint density at radius 3 is 2.72 bits per heavy atom. The quantitative estimate of drug-likeness (QED) is 0.590. The van der Waals surface area contributed by atoms with Gasteiger partial charge in [-0.3, -0.25) is 19.7 Å². The zero-order valence-electron chi connectivity index (χ0n) is 15.7. The molecule has 0 radical (unpaired) electrons. The van der Waals surface area contributed by atoms with Crippen LogP contribution in [0.1, 0.15) is 6.42 Å². The highest BCUT2D eigenvalue weighted by Crippen LogP contribution is 2.34. The monoisotopic (exact) mass is 420 g/mol. The van der Waals surface area contributed by atoms with E-state index in [9.17, 15) is 24.1 Å². The smallest absolute Gasteiger partial charge is 0.306 e. The molecule has 1 atom stereocenters. The van der Waals surface area contributed by atoms with Crippen LogP contribution in [0.2, 0.25) is 5.02 Å². The molecule has 8 nitrogen and oxygen atoms in total. The molecule has 3 rings (SSSR count). The third-order valence-corrected chi connectivity index (χ3v) is 4.93. The van der Waals surface area contributed by atoms with Gasteiger partial charge in [0.1, 0.15) is 0 Å². The fourth-order valence-corrected chi connectivity index (χ4v) is 3.59. The van der Waals surface area contributed by atoms with Crippen molar-refractivity contribution in [2.24, 2.45) is 5.92 Å². The first-order valence-electron chi connectivity index (χ1n) is 8.70. The second-order valence-electron chi connectivity index (χ2n) is 6.82. The van der Waals surface area contributed by atoms with Gasteiger partial charge in [0, 0.05) is 33.1 Å². The van der Waals surface area contributed by atoms with Gasteiger partial charge in [0.2, 0.25) is 17.6 Å². The molecule has 0 spiro atoms. The second-order valence-corrected chi connectivity index (χ2v) is 7.23. The maximum atomic E-state index is 13.6. The van der Waals surface area contributed by atoms with Gasteiger partial charge >= 0.3 is 5.69 Å². The maximum Gasteiger partial charge on any atom is 0.306 e. The van der Waals surface area contributed by atoms with Crippen molar-refractivity contribution in [2.45, 2.75) is 6.42 Å². The first kappa shape index (κ1) is 20.5. The number of nitro groups is 1. The van der Waals surface area contributed by atoms with Crippen molar-refractivity contribution in [3.05, 3.63) is 57.4 Å². The van der Waals surface area contributed by atoms with Crippen molar-refractivity contribution in [1.29, 1.82) is 0 Å². The average molecular weight is 421 g/mol. The first-order valence-corrected chi connectivity index (χ1v) is 9.08. The van der Waals surface area contributed by atoms with Gasteiger partial charge in [0.25, 0.3) is 0 Å². The van der Waals surface area contributed by atoms with Crippen LogP contribution in [-0.2, 0) is 9.59 Å². The van der Waals surface area contributed by atoms with Crippen LogP contribution in [0.15, 0.2) is 36.4 Å². The van der Waals surface area contributed by atoms with E-state index in [0.29, 0.717) is 16.4 Å². The zero-order chi connectivity index (χ0) is 21.3. The van der Waals surface area contributed by atoms with Crippen molar-refractivity contribution in [3.63, 3.8) is 0 Å². The van der Waals surface area contributed by atoms with Crippen molar-refractivity contribution in [1.82, 2.24) is 0 Å².